The molecule has 0 unspecified atom stereocenters. The number of nitrogens with one attached hydrogen (secondary N) is 1. The molecule has 8 nitrogen and oxygen atoms in total. The van der Waals surface area contributed by atoms with E-state index in [0.717, 1.165) is 22.3 Å². The second-order valence-corrected chi connectivity index (χ2v) is 13.4. The van der Waals surface area contributed by atoms with Crippen molar-refractivity contribution >= 4 is 29.4 Å². The van der Waals surface area contributed by atoms with Gasteiger partial charge in [-0.05, 0) is 86.2 Å². The Labute approximate surface area is 293 Å². The first-order chi connectivity index (χ1) is 23.6. The minimum Gasteiger partial charge on any atom is -0.494 e. The predicted molar refractivity (Wildman–Crippen MR) is 192 cm³/mol. The number of hydrogen-bond acceptors (Lipinski definition) is 7. The van der Waals surface area contributed by atoms with Gasteiger partial charge in [-0.1, -0.05) is 84.4 Å². The number of benzene rings is 4. The summed E-state index contributed by atoms with van der Waals surface area (Å²) in [6.07, 6.45) is 0.200. The Hall–Kier alpha value is -4.66. The zero-order valence-corrected chi connectivity index (χ0v) is 28.9. The minimum absolute atomic E-state index is 0.0439. The largest absolute Gasteiger partial charge is 0.494 e. The van der Waals surface area contributed by atoms with Crippen LogP contribution in [0.3, 0.4) is 0 Å². The summed E-state index contributed by atoms with van der Waals surface area (Å²) in [7, 11) is 0. The number of amides is 1. The van der Waals surface area contributed by atoms with Crippen molar-refractivity contribution in [3.63, 3.8) is 0 Å². The van der Waals surface area contributed by atoms with Crippen LogP contribution in [0.4, 0.5) is 0 Å². The molecular formula is C40H43ClN2O6. The molecule has 0 aromatic heterocycles. The highest BCUT2D eigenvalue weighted by Crippen LogP contribution is 2.44. The van der Waals surface area contributed by atoms with Crippen molar-refractivity contribution in [2.45, 2.75) is 63.7 Å². The van der Waals surface area contributed by atoms with Gasteiger partial charge in [0.2, 0.25) is 5.90 Å². The fourth-order valence-electron chi connectivity index (χ4n) is 5.70. The molecule has 1 amide bonds. The molecule has 5 rings (SSSR count). The van der Waals surface area contributed by atoms with Crippen LogP contribution in [0.1, 0.15) is 62.8 Å². The van der Waals surface area contributed by atoms with E-state index in [1.165, 1.54) is 0 Å². The number of ether oxygens (including phenoxy) is 3. The van der Waals surface area contributed by atoms with Crippen LogP contribution in [0.5, 0.6) is 5.75 Å². The third kappa shape index (κ3) is 9.28. The van der Waals surface area contributed by atoms with Gasteiger partial charge in [0.25, 0.3) is 5.91 Å². The summed E-state index contributed by atoms with van der Waals surface area (Å²) in [5, 5.41) is 12.8. The molecule has 1 aliphatic rings. The Balaban J connectivity index is 1.50. The van der Waals surface area contributed by atoms with Crippen molar-refractivity contribution < 1.29 is 28.9 Å². The molecule has 49 heavy (non-hydrogen) atoms. The maximum Gasteiger partial charge on any atom is 0.306 e. The van der Waals surface area contributed by atoms with Crippen molar-refractivity contribution in [3.8, 4) is 16.9 Å². The molecule has 1 heterocycles. The predicted octanol–water partition coefficient (Wildman–Crippen LogP) is 7.51. The molecule has 0 fully saturated rings. The molecule has 0 saturated carbocycles. The van der Waals surface area contributed by atoms with Gasteiger partial charge in [-0.3, -0.25) is 9.59 Å². The van der Waals surface area contributed by atoms with E-state index in [4.69, 9.17) is 35.9 Å². The first-order valence-electron chi connectivity index (χ1n) is 16.6. The Kier molecular flexibility index (Phi) is 11.8. The van der Waals surface area contributed by atoms with Crippen LogP contribution in [0.2, 0.25) is 5.02 Å². The van der Waals surface area contributed by atoms with Gasteiger partial charge >= 0.3 is 5.97 Å². The highest BCUT2D eigenvalue weighted by Gasteiger charge is 2.53. The van der Waals surface area contributed by atoms with Crippen LogP contribution in [0.15, 0.2) is 108 Å². The van der Waals surface area contributed by atoms with Gasteiger partial charge in [-0.2, -0.15) is 0 Å². The number of esters is 1. The Morgan fingerprint density at radius 2 is 1.55 bits per heavy atom. The van der Waals surface area contributed by atoms with Crippen LogP contribution in [0.25, 0.3) is 11.1 Å². The third-order valence-corrected chi connectivity index (χ3v) is 8.49. The van der Waals surface area contributed by atoms with Crippen LogP contribution in [0, 0.1) is 0 Å². The van der Waals surface area contributed by atoms with Gasteiger partial charge in [-0.25, -0.2) is 4.99 Å². The summed E-state index contributed by atoms with van der Waals surface area (Å²) in [5.74, 6) is 0.128. The number of rotatable bonds is 14. The van der Waals surface area contributed by atoms with Gasteiger partial charge in [-0.15, -0.1) is 0 Å². The molecule has 4 aromatic rings. The number of carbonyl (C=O) groups excluding carboxylic acids is 2. The maximum absolute atomic E-state index is 14.5. The molecule has 256 valence electrons. The lowest BCUT2D eigenvalue weighted by Gasteiger charge is -2.31. The average Bonchev–Trinajstić information content (AvgIpc) is 3.49. The highest BCUT2D eigenvalue weighted by atomic mass is 35.5. The second kappa shape index (κ2) is 16.2. The van der Waals surface area contributed by atoms with Crippen molar-refractivity contribution in [2.24, 2.45) is 4.99 Å². The van der Waals surface area contributed by atoms with Crippen molar-refractivity contribution in [1.29, 1.82) is 0 Å². The molecule has 0 bridgehead atoms. The summed E-state index contributed by atoms with van der Waals surface area (Å²) >= 11 is 6.40. The van der Waals surface area contributed by atoms with E-state index in [0.29, 0.717) is 42.3 Å². The van der Waals surface area contributed by atoms with E-state index < -0.39 is 23.2 Å². The first-order valence-corrected chi connectivity index (χ1v) is 17.0. The molecule has 0 spiro atoms. The molecular weight excluding hydrogens is 640 g/mol. The number of carbonyl (C=O) groups is 2. The zero-order valence-electron chi connectivity index (χ0n) is 28.2. The Morgan fingerprint density at radius 1 is 0.898 bits per heavy atom. The summed E-state index contributed by atoms with van der Waals surface area (Å²) in [6, 6.07) is 32.7. The SMILES string of the molecule is CC(C)(C)OC(=O)CC[C@@]1(C(=O)NCCc2ccccc2Cl)N=C(c2ccc(OCCCO)cc2)O[C@@H]1c1ccc(-c2ccccc2)cc1. The van der Waals surface area contributed by atoms with E-state index in [9.17, 15) is 9.59 Å². The van der Waals surface area contributed by atoms with Crippen LogP contribution in [-0.2, 0) is 25.5 Å². The Bertz CT molecular complexity index is 1740. The van der Waals surface area contributed by atoms with Crippen LogP contribution >= 0.6 is 11.6 Å². The Morgan fingerprint density at radius 3 is 2.22 bits per heavy atom. The monoisotopic (exact) mass is 682 g/mol. The lowest BCUT2D eigenvalue weighted by atomic mass is 9.83. The van der Waals surface area contributed by atoms with E-state index in [-0.39, 0.29) is 31.3 Å². The first kappa shape index (κ1) is 35.6. The molecule has 2 N–H and O–H groups in total. The van der Waals surface area contributed by atoms with Gasteiger partial charge < -0.3 is 24.6 Å². The fourth-order valence-corrected chi connectivity index (χ4v) is 5.93. The van der Waals surface area contributed by atoms with Gasteiger partial charge in [0.15, 0.2) is 11.6 Å². The quantitative estimate of drug-likeness (QED) is 0.105. The standard InChI is InChI=1S/C40H43ClN2O6/c1-39(2,3)49-35(45)22-24-40(38(46)42-25-23-30-12-7-8-13-34(30)41)36(31-16-14-29(15-17-31)28-10-5-4-6-11-28)48-37(43-40)32-18-20-33(21-19-32)47-27-9-26-44/h4-8,10-21,36,44H,9,22-27H2,1-3H3,(H,42,46)/t36-,40-/m1/s1. The van der Waals surface area contributed by atoms with Gasteiger partial charge in [0.1, 0.15) is 11.4 Å². The minimum atomic E-state index is -1.49. The summed E-state index contributed by atoms with van der Waals surface area (Å²) in [6.45, 7) is 6.17. The molecule has 0 aliphatic carbocycles. The second-order valence-electron chi connectivity index (χ2n) is 13.0. The van der Waals surface area contributed by atoms with E-state index in [1.807, 2.05) is 112 Å². The number of aliphatic hydroxyl groups excluding tert-OH is 1. The van der Waals surface area contributed by atoms with E-state index >= 15 is 0 Å². The number of nitrogens with zero attached hydrogens (tertiary/aromatic N) is 1. The van der Waals surface area contributed by atoms with Crippen LogP contribution in [-0.4, -0.2) is 53.8 Å². The zero-order chi connectivity index (χ0) is 34.9. The number of halogens is 1. The molecule has 4 aromatic carbocycles. The summed E-state index contributed by atoms with van der Waals surface area (Å²) in [4.78, 5) is 32.6. The topological polar surface area (TPSA) is 106 Å². The molecule has 9 heteroatoms. The normalized spacial score (nSPS) is 17.2. The molecule has 0 saturated heterocycles. The molecule has 0 radical (unpaired) electrons. The lowest BCUT2D eigenvalue weighted by Crippen LogP contribution is -2.49. The molecule has 2 atom stereocenters. The summed E-state index contributed by atoms with van der Waals surface area (Å²) in [5.41, 5.74) is 2.22. The van der Waals surface area contributed by atoms with E-state index in [2.05, 4.69) is 5.32 Å². The van der Waals surface area contributed by atoms with Crippen LogP contribution < -0.4 is 10.1 Å². The maximum atomic E-state index is 14.5. The fraction of sp³-hybridized carbons (Fsp3) is 0.325. The van der Waals surface area contributed by atoms with Crippen molar-refractivity contribution in [2.75, 3.05) is 19.8 Å². The lowest BCUT2D eigenvalue weighted by molar-refractivity contribution is -0.155. The van der Waals surface area contributed by atoms with Gasteiger partial charge in [0.05, 0.1) is 6.61 Å². The smallest absolute Gasteiger partial charge is 0.306 e. The number of hydrogen-bond donors (Lipinski definition) is 2. The van der Waals surface area contributed by atoms with Crippen molar-refractivity contribution in [3.05, 3.63) is 125 Å². The summed E-state index contributed by atoms with van der Waals surface area (Å²) < 4.78 is 18.0. The van der Waals surface area contributed by atoms with Crippen molar-refractivity contribution in [1.82, 2.24) is 5.32 Å². The van der Waals surface area contributed by atoms with Gasteiger partial charge in [0, 0.05) is 36.6 Å². The number of aliphatic imine (C=N–C) groups is 1. The van der Waals surface area contributed by atoms with E-state index in [1.54, 1.807) is 12.1 Å². The molecule has 1 aliphatic heterocycles. The highest BCUT2D eigenvalue weighted by molar-refractivity contribution is 6.31. The number of aliphatic hydroxyl groups is 1. The third-order valence-electron chi connectivity index (χ3n) is 8.12. The average molecular weight is 683 g/mol.